The van der Waals surface area contributed by atoms with Gasteiger partial charge in [-0.15, -0.1) is 0 Å². The molecule has 0 aromatic rings. The summed E-state index contributed by atoms with van der Waals surface area (Å²) in [5.74, 6) is 0.560. The first-order chi connectivity index (χ1) is 7.15. The highest BCUT2D eigenvalue weighted by Crippen LogP contribution is 2.67. The summed E-state index contributed by atoms with van der Waals surface area (Å²) in [6, 6.07) is 0. The van der Waals surface area contributed by atoms with Crippen molar-refractivity contribution in [2.24, 2.45) is 22.5 Å². The summed E-state index contributed by atoms with van der Waals surface area (Å²) >= 11 is 0. The van der Waals surface area contributed by atoms with Gasteiger partial charge in [-0.2, -0.15) is 0 Å². The molecule has 16 heavy (non-hydrogen) atoms. The van der Waals surface area contributed by atoms with Crippen LogP contribution < -0.4 is 10.5 Å². The van der Waals surface area contributed by atoms with Gasteiger partial charge in [0.05, 0.1) is 5.75 Å². The highest BCUT2D eigenvalue weighted by atomic mass is 32.2. The molecular weight excluding hydrogens is 224 g/mol. The van der Waals surface area contributed by atoms with E-state index in [1.807, 2.05) is 0 Å². The lowest BCUT2D eigenvalue weighted by Crippen LogP contribution is -2.30. The van der Waals surface area contributed by atoms with E-state index in [1.54, 1.807) is 0 Å². The van der Waals surface area contributed by atoms with E-state index in [4.69, 9.17) is 5.73 Å². The highest BCUT2D eigenvalue weighted by Gasteiger charge is 2.64. The maximum absolute atomic E-state index is 11.6. The minimum absolute atomic E-state index is 0.136. The molecule has 0 radical (unpaired) electrons. The molecule has 5 heteroatoms. The Morgan fingerprint density at radius 2 is 1.69 bits per heavy atom. The molecule has 0 atom stereocenters. The smallest absolute Gasteiger partial charge is 0.211 e. The topological polar surface area (TPSA) is 72.2 Å². The van der Waals surface area contributed by atoms with Crippen molar-refractivity contribution in [2.45, 2.75) is 34.1 Å². The Bertz CT molecular complexity index is 333. The van der Waals surface area contributed by atoms with Gasteiger partial charge in [-0.25, -0.2) is 13.1 Å². The molecule has 3 N–H and O–H groups in total. The fourth-order valence-electron chi connectivity index (χ4n) is 2.40. The number of nitrogens with one attached hydrogen (secondary N) is 1. The molecule has 1 saturated carbocycles. The second-order valence-electron chi connectivity index (χ2n) is 5.81. The summed E-state index contributed by atoms with van der Waals surface area (Å²) in [4.78, 5) is 0. The maximum atomic E-state index is 11.6. The van der Waals surface area contributed by atoms with Gasteiger partial charge < -0.3 is 5.73 Å². The lowest BCUT2D eigenvalue weighted by molar-refractivity contribution is 0.457. The first-order valence-corrected chi connectivity index (χ1v) is 7.48. The van der Waals surface area contributed by atoms with E-state index in [1.165, 1.54) is 0 Å². The molecule has 0 aromatic carbocycles. The van der Waals surface area contributed by atoms with E-state index in [9.17, 15) is 8.42 Å². The third-order valence-corrected chi connectivity index (χ3v) is 5.88. The van der Waals surface area contributed by atoms with E-state index in [-0.39, 0.29) is 16.6 Å². The van der Waals surface area contributed by atoms with Crippen LogP contribution in [-0.4, -0.2) is 27.3 Å². The SMILES string of the molecule is CC1(C)C(CNS(=O)(=O)CCCN)C1(C)C. The fraction of sp³-hybridized carbons (Fsp3) is 1.00. The van der Waals surface area contributed by atoms with Crippen molar-refractivity contribution in [1.29, 1.82) is 0 Å². The van der Waals surface area contributed by atoms with E-state index < -0.39 is 10.0 Å². The zero-order valence-electron chi connectivity index (χ0n) is 10.7. The average Bonchev–Trinajstić information content (AvgIpc) is 2.52. The summed E-state index contributed by atoms with van der Waals surface area (Å²) in [7, 11) is -3.13. The maximum Gasteiger partial charge on any atom is 0.211 e. The standard InChI is InChI=1S/C11H24N2O2S/c1-10(2)9(11(10,3)4)8-13-16(14,15)7-5-6-12/h9,13H,5-8,12H2,1-4H3. The average molecular weight is 248 g/mol. The number of rotatable bonds is 6. The first kappa shape index (κ1) is 13.9. The van der Waals surface area contributed by atoms with Crippen LogP contribution in [0.25, 0.3) is 0 Å². The van der Waals surface area contributed by atoms with Crippen LogP contribution in [-0.2, 0) is 10.0 Å². The van der Waals surface area contributed by atoms with Crippen molar-refractivity contribution in [2.75, 3.05) is 18.8 Å². The largest absolute Gasteiger partial charge is 0.330 e. The third-order valence-electron chi connectivity index (χ3n) is 4.44. The first-order valence-electron chi connectivity index (χ1n) is 5.82. The lowest BCUT2D eigenvalue weighted by atomic mass is 10.0. The molecule has 0 amide bonds. The molecule has 0 unspecified atom stereocenters. The van der Waals surface area contributed by atoms with E-state index in [2.05, 4.69) is 32.4 Å². The van der Waals surface area contributed by atoms with Crippen LogP contribution in [0.2, 0.25) is 0 Å². The number of sulfonamides is 1. The number of nitrogens with two attached hydrogens (primary N) is 1. The molecule has 0 bridgehead atoms. The van der Waals surface area contributed by atoms with Crippen LogP contribution in [0.3, 0.4) is 0 Å². The number of hydrogen-bond acceptors (Lipinski definition) is 3. The molecule has 0 aromatic heterocycles. The Kier molecular flexibility index (Phi) is 3.72. The Morgan fingerprint density at radius 1 is 1.19 bits per heavy atom. The van der Waals surface area contributed by atoms with Crippen LogP contribution in [0.5, 0.6) is 0 Å². The Labute approximate surface area is 99.0 Å². The molecule has 96 valence electrons. The van der Waals surface area contributed by atoms with Crippen molar-refractivity contribution in [3.63, 3.8) is 0 Å². The minimum Gasteiger partial charge on any atom is -0.330 e. The molecule has 1 aliphatic rings. The lowest BCUT2D eigenvalue weighted by Gasteiger charge is -2.06. The summed E-state index contributed by atoms with van der Waals surface area (Å²) in [6.07, 6.45) is 0.521. The molecule has 0 aliphatic heterocycles. The van der Waals surface area contributed by atoms with Crippen molar-refractivity contribution in [3.05, 3.63) is 0 Å². The van der Waals surface area contributed by atoms with Gasteiger partial charge in [0.25, 0.3) is 0 Å². The molecule has 1 aliphatic carbocycles. The quantitative estimate of drug-likeness (QED) is 0.734. The van der Waals surface area contributed by atoms with Crippen molar-refractivity contribution in [1.82, 2.24) is 4.72 Å². The second kappa shape index (κ2) is 4.27. The predicted molar refractivity (Wildman–Crippen MR) is 66.5 cm³/mol. The molecule has 0 heterocycles. The van der Waals surface area contributed by atoms with Gasteiger partial charge in [-0.1, -0.05) is 27.7 Å². The van der Waals surface area contributed by atoms with Crippen LogP contribution in [0.15, 0.2) is 0 Å². The predicted octanol–water partition coefficient (Wildman–Crippen LogP) is 0.937. The molecule has 1 fully saturated rings. The van der Waals surface area contributed by atoms with Crippen molar-refractivity contribution in [3.8, 4) is 0 Å². The van der Waals surface area contributed by atoms with Crippen LogP contribution in [0.1, 0.15) is 34.1 Å². The van der Waals surface area contributed by atoms with Crippen molar-refractivity contribution >= 4 is 10.0 Å². The van der Waals surface area contributed by atoms with Crippen molar-refractivity contribution < 1.29 is 8.42 Å². The highest BCUT2D eigenvalue weighted by molar-refractivity contribution is 7.89. The van der Waals surface area contributed by atoms with Crippen LogP contribution in [0.4, 0.5) is 0 Å². The van der Waals surface area contributed by atoms with Gasteiger partial charge in [0.2, 0.25) is 10.0 Å². The van der Waals surface area contributed by atoms with Gasteiger partial charge in [-0.3, -0.25) is 0 Å². The number of hydrogen-bond donors (Lipinski definition) is 2. The minimum atomic E-state index is -3.13. The monoisotopic (exact) mass is 248 g/mol. The molecular formula is C11H24N2O2S. The zero-order valence-corrected chi connectivity index (χ0v) is 11.5. The van der Waals surface area contributed by atoms with Gasteiger partial charge >= 0.3 is 0 Å². The van der Waals surface area contributed by atoms with Gasteiger partial charge in [0, 0.05) is 6.54 Å². The Hall–Kier alpha value is -0.130. The molecule has 0 saturated heterocycles. The van der Waals surface area contributed by atoms with Gasteiger partial charge in [0.1, 0.15) is 0 Å². The summed E-state index contributed by atoms with van der Waals surface area (Å²) < 4.78 is 25.8. The summed E-state index contributed by atoms with van der Waals surface area (Å²) in [6.45, 7) is 9.71. The second-order valence-corrected chi connectivity index (χ2v) is 7.73. The summed E-state index contributed by atoms with van der Waals surface area (Å²) in [5, 5.41) is 0. The van der Waals surface area contributed by atoms with Gasteiger partial charge in [0.15, 0.2) is 0 Å². The molecule has 1 rings (SSSR count). The van der Waals surface area contributed by atoms with E-state index in [0.717, 1.165) is 0 Å². The van der Waals surface area contributed by atoms with Crippen LogP contribution in [0, 0.1) is 16.7 Å². The Morgan fingerprint density at radius 3 is 2.06 bits per heavy atom. The van der Waals surface area contributed by atoms with E-state index in [0.29, 0.717) is 25.4 Å². The third kappa shape index (κ3) is 2.57. The van der Waals surface area contributed by atoms with Crippen LogP contribution >= 0.6 is 0 Å². The fourth-order valence-corrected chi connectivity index (χ4v) is 3.51. The summed E-state index contributed by atoms with van der Waals surface area (Å²) in [5.41, 5.74) is 5.75. The Balaban J connectivity index is 2.43. The molecule has 4 nitrogen and oxygen atoms in total. The van der Waals surface area contributed by atoms with E-state index >= 15 is 0 Å². The zero-order chi connectivity index (χ0) is 12.6. The van der Waals surface area contributed by atoms with Gasteiger partial charge in [-0.05, 0) is 29.7 Å². The molecule has 0 spiro atoms. The normalized spacial score (nSPS) is 23.3.